The maximum atomic E-state index is 13.6. The molecule has 0 saturated carbocycles. The first-order valence-corrected chi connectivity index (χ1v) is 36.2. The molecule has 21 aliphatic heterocycles. The number of carbonyl (C=O) groups is 7. The van der Waals surface area contributed by atoms with Crippen molar-refractivity contribution >= 4 is 41.8 Å². The maximum absolute atomic E-state index is 13.6. The van der Waals surface area contributed by atoms with E-state index < -0.39 is 257 Å². The van der Waals surface area contributed by atoms with Crippen LogP contribution in [0.4, 0.5) is 0 Å². The van der Waals surface area contributed by atoms with Crippen molar-refractivity contribution in [1.82, 2.24) is 0 Å². The van der Waals surface area contributed by atoms with E-state index in [1.165, 1.54) is 99.5 Å². The summed E-state index contributed by atoms with van der Waals surface area (Å²) in [5.74, 6) is -5.95. The predicted octanol–water partition coefficient (Wildman–Crippen LogP) is -2.08. The van der Waals surface area contributed by atoms with E-state index in [-0.39, 0.29) is 46.2 Å². The molecule has 14 bridgehead atoms. The normalized spacial score (nSPS) is 41.3. The Balaban J connectivity index is 1.33. The molecular formula is C70H112O42. The summed E-state index contributed by atoms with van der Waals surface area (Å²) in [6.45, 7) is 5.53. The molecule has 0 spiro atoms. The number of ether oxygens (including phenoxy) is 35. The lowest BCUT2D eigenvalue weighted by molar-refractivity contribution is -0.400. The highest BCUT2D eigenvalue weighted by atomic mass is 16.8. The third-order valence-corrected chi connectivity index (χ3v) is 19.5. The van der Waals surface area contributed by atoms with E-state index >= 15 is 0 Å². The molecule has 42 heteroatoms. The topological polar surface area (TPSA) is 443 Å². The molecular weight excluding hydrogens is 1510 g/mol. The minimum Gasteiger partial charge on any atom is -0.457 e. The summed E-state index contributed by atoms with van der Waals surface area (Å²) >= 11 is 0. The molecule has 21 rings (SSSR count). The van der Waals surface area contributed by atoms with Crippen LogP contribution in [0.5, 0.6) is 0 Å². The highest BCUT2D eigenvalue weighted by Gasteiger charge is 2.64. The van der Waals surface area contributed by atoms with Gasteiger partial charge in [0.1, 0.15) is 128 Å². The third-order valence-electron chi connectivity index (χ3n) is 19.5. The van der Waals surface area contributed by atoms with Gasteiger partial charge in [0, 0.05) is 148 Å². The van der Waals surface area contributed by atoms with Crippen molar-refractivity contribution in [1.29, 1.82) is 0 Å². The highest BCUT2D eigenvalue weighted by Crippen LogP contribution is 2.44. The number of methoxy groups -OCH3 is 14. The van der Waals surface area contributed by atoms with Gasteiger partial charge in [-0.2, -0.15) is 0 Å². The Labute approximate surface area is 648 Å². The summed E-state index contributed by atoms with van der Waals surface area (Å²) in [5, 5.41) is 0. The lowest BCUT2D eigenvalue weighted by Crippen LogP contribution is -2.70. The molecule has 35 atom stereocenters. The van der Waals surface area contributed by atoms with Crippen LogP contribution in [0.15, 0.2) is 0 Å². The zero-order valence-corrected chi connectivity index (χ0v) is 66.8. The minimum absolute atomic E-state index is 0.341. The van der Waals surface area contributed by atoms with Gasteiger partial charge in [0.25, 0.3) is 0 Å². The van der Waals surface area contributed by atoms with E-state index in [4.69, 9.17) is 166 Å². The van der Waals surface area contributed by atoms with Crippen LogP contribution in [0.25, 0.3) is 0 Å². The molecule has 644 valence electrons. The Kier molecular flexibility index (Phi) is 36.5. The number of carbonyl (C=O) groups excluding carboxylic acids is 7. The molecule has 21 fully saturated rings. The predicted molar refractivity (Wildman–Crippen MR) is 362 cm³/mol. The van der Waals surface area contributed by atoms with Gasteiger partial charge in [-0.1, -0.05) is 0 Å². The molecule has 0 aromatic rings. The molecule has 0 N–H and O–H groups in total. The van der Waals surface area contributed by atoms with E-state index in [0.29, 0.717) is 0 Å². The van der Waals surface area contributed by atoms with Crippen LogP contribution < -0.4 is 0 Å². The average molecular weight is 1630 g/mol. The van der Waals surface area contributed by atoms with Crippen molar-refractivity contribution in [3.63, 3.8) is 0 Å². The highest BCUT2D eigenvalue weighted by molar-refractivity contribution is 5.68. The standard InChI is InChI=1S/C70H112O42/c1-29(71)92-50-43-36(22-78-8)99-64(57(50)85-15)107-44-37(23-79-9)101-66(59(87-17)51(44)93-30(2)72)109-46-39(25-81-11)103-68(61(89-19)53(46)95-32(4)74)111-48-41(27-83-13)105-70(63(91-21)55(48)97-34(6)76)112-49-42(28-84-14)104-69(62(90-20)56(49)98-35(7)77)110-47-40(26-82-12)102-67(60(88-18)54(47)96-33(5)75)108-45-38(24-80-10)100-65(106-43)58(86-16)52(45)94-31(3)73/h36-70H,22-28H2,1-21H3/t36-,37-,38-,39-,40-,41-,42-,43-,44-,45-,46-,47-,48-,49-,50-,51-,52-,53-,54-,55-,56-,57-,58-,59-,60-,61-,62-,63-,64-,65-,66-,67-,68-,69-,70-/m1/s1. The minimum atomic E-state index is -1.65. The lowest BCUT2D eigenvalue weighted by atomic mass is 9.94. The van der Waals surface area contributed by atoms with Crippen molar-refractivity contribution in [2.24, 2.45) is 0 Å². The largest absolute Gasteiger partial charge is 0.457 e. The average Bonchev–Trinajstić information content (AvgIpc) is 0.764. The van der Waals surface area contributed by atoms with Crippen molar-refractivity contribution in [3.05, 3.63) is 0 Å². The van der Waals surface area contributed by atoms with Crippen LogP contribution in [0.1, 0.15) is 48.5 Å². The zero-order chi connectivity index (χ0) is 81.9. The van der Waals surface area contributed by atoms with E-state index in [2.05, 4.69) is 0 Å². The van der Waals surface area contributed by atoms with Gasteiger partial charge >= 0.3 is 41.8 Å². The van der Waals surface area contributed by atoms with Gasteiger partial charge in [-0.15, -0.1) is 0 Å². The SMILES string of the molecule is COC[C@H]1O[C@@H]2O[C@H]3[C@@H](OC(C)=O)[C@@H](OC)[C@@H](O[C@H]4[C@@H](OC(C)=O)[C@@H](OC)[C@@H](O[C@H]5[C@@H](OC(C)=O)[C@@H](OC)[C@@H](O[C@H]6[C@@H](OC(C)=O)[C@@H](OC)[C@@H](O[C@H]7[C@@H](OC(C)=O)[C@@H](OC)[C@@H](O[C@H]8[C@@H](OC(C)=O)[C@@H](OC)[C@@H](O[C@H]1[C@@H](OC(C)=O)[C@H]2OC)O[C@@H]8COC)O[C@@H]7COC)O[C@@H]6COC)O[C@@H]5COC)O[C@@H]4COC)O[C@@H]3COC. The van der Waals surface area contributed by atoms with Crippen LogP contribution in [0.2, 0.25) is 0 Å². The second-order valence-electron chi connectivity index (χ2n) is 27.1. The summed E-state index contributed by atoms with van der Waals surface area (Å²) in [7, 11) is 18.3. The van der Waals surface area contributed by atoms with Gasteiger partial charge in [0.15, 0.2) is 86.8 Å². The molecule has 0 aromatic heterocycles. The molecule has 112 heavy (non-hydrogen) atoms. The molecule has 21 saturated heterocycles. The Hall–Kier alpha value is -4.83. The first kappa shape index (κ1) is 92.7. The van der Waals surface area contributed by atoms with E-state index in [0.717, 1.165) is 48.5 Å². The fourth-order valence-electron chi connectivity index (χ4n) is 15.3. The monoisotopic (exact) mass is 1620 g/mol. The molecule has 21 heterocycles. The zero-order valence-electron chi connectivity index (χ0n) is 66.8. The number of hydrogen-bond donors (Lipinski definition) is 0. The molecule has 0 unspecified atom stereocenters. The fourth-order valence-corrected chi connectivity index (χ4v) is 15.3. The summed E-state index contributed by atoms with van der Waals surface area (Å²) in [6, 6.07) is 0. The maximum Gasteiger partial charge on any atom is 0.303 e. The lowest BCUT2D eigenvalue weighted by Gasteiger charge is -2.52. The summed E-state index contributed by atoms with van der Waals surface area (Å²) in [5.41, 5.74) is 0. The second-order valence-corrected chi connectivity index (χ2v) is 27.1. The Morgan fingerprint density at radius 1 is 0.179 bits per heavy atom. The van der Waals surface area contributed by atoms with Crippen LogP contribution in [0.3, 0.4) is 0 Å². The van der Waals surface area contributed by atoms with Crippen LogP contribution in [-0.2, 0) is 199 Å². The van der Waals surface area contributed by atoms with Gasteiger partial charge in [-0.3, -0.25) is 33.6 Å². The quantitative estimate of drug-likeness (QED) is 0.0599. The summed E-state index contributed by atoms with van der Waals surface area (Å²) < 4.78 is 222. The van der Waals surface area contributed by atoms with Gasteiger partial charge in [0.2, 0.25) is 0 Å². The molecule has 0 radical (unpaired) electrons. The summed E-state index contributed by atoms with van der Waals surface area (Å²) in [6.07, 6.45) is -52.6. The number of hydrogen-bond acceptors (Lipinski definition) is 42. The van der Waals surface area contributed by atoms with Gasteiger partial charge in [-0.05, 0) is 0 Å². The first-order valence-electron chi connectivity index (χ1n) is 36.2. The van der Waals surface area contributed by atoms with Crippen molar-refractivity contribution in [3.8, 4) is 0 Å². The second kappa shape index (κ2) is 44.1. The molecule has 0 aliphatic carbocycles. The van der Waals surface area contributed by atoms with Gasteiger partial charge in [0.05, 0.1) is 46.2 Å². The van der Waals surface area contributed by atoms with E-state index in [1.54, 1.807) is 0 Å². The summed E-state index contributed by atoms with van der Waals surface area (Å²) in [4.78, 5) is 94.9. The van der Waals surface area contributed by atoms with Crippen LogP contribution in [0, 0.1) is 0 Å². The van der Waals surface area contributed by atoms with Crippen molar-refractivity contribution in [2.75, 3.05) is 146 Å². The van der Waals surface area contributed by atoms with Crippen LogP contribution in [-0.4, -0.2) is 403 Å². The van der Waals surface area contributed by atoms with Crippen molar-refractivity contribution in [2.45, 2.75) is 263 Å². The molecule has 21 aliphatic rings. The number of esters is 7. The Morgan fingerprint density at radius 3 is 0.366 bits per heavy atom. The third kappa shape index (κ3) is 22.3. The molecule has 42 nitrogen and oxygen atoms in total. The Morgan fingerprint density at radius 2 is 0.286 bits per heavy atom. The van der Waals surface area contributed by atoms with Crippen LogP contribution >= 0.6 is 0 Å². The van der Waals surface area contributed by atoms with Crippen molar-refractivity contribution < 1.29 is 199 Å². The van der Waals surface area contributed by atoms with E-state index in [9.17, 15) is 33.6 Å². The van der Waals surface area contributed by atoms with Gasteiger partial charge in [-0.25, -0.2) is 0 Å². The molecule has 0 aromatic carbocycles. The molecule has 0 amide bonds. The fraction of sp³-hybridized carbons (Fsp3) is 0.900. The Bertz CT molecular complexity index is 2410. The smallest absolute Gasteiger partial charge is 0.303 e. The first-order chi connectivity index (χ1) is 53.7. The van der Waals surface area contributed by atoms with Gasteiger partial charge < -0.3 is 166 Å². The number of rotatable bonds is 28. The van der Waals surface area contributed by atoms with E-state index in [1.807, 2.05) is 0 Å².